The Morgan fingerprint density at radius 2 is 1.90 bits per heavy atom. The summed E-state index contributed by atoms with van der Waals surface area (Å²) in [5, 5.41) is 27.8. The van der Waals surface area contributed by atoms with Crippen LogP contribution in [0.4, 0.5) is 4.39 Å². The molecular formula is C19H21FN6O3. The number of aliphatic hydroxyl groups is 1. The third-order valence-corrected chi connectivity index (χ3v) is 4.14. The molecule has 152 valence electrons. The van der Waals surface area contributed by atoms with Crippen LogP contribution in [0.1, 0.15) is 30.0 Å². The maximum absolute atomic E-state index is 13.2. The highest BCUT2D eigenvalue weighted by atomic mass is 19.1. The van der Waals surface area contributed by atoms with E-state index in [1.807, 2.05) is 0 Å². The lowest BCUT2D eigenvalue weighted by Crippen LogP contribution is -2.46. The zero-order valence-corrected chi connectivity index (χ0v) is 16.3. The van der Waals surface area contributed by atoms with Crippen LogP contribution in [0, 0.1) is 5.82 Å². The van der Waals surface area contributed by atoms with Gasteiger partial charge in [-0.05, 0) is 44.2 Å². The van der Waals surface area contributed by atoms with E-state index >= 15 is 0 Å². The van der Waals surface area contributed by atoms with E-state index in [0.29, 0.717) is 17.0 Å². The molecule has 1 aromatic carbocycles. The van der Waals surface area contributed by atoms with E-state index < -0.39 is 11.4 Å². The molecule has 0 radical (unpaired) electrons. The van der Waals surface area contributed by atoms with Crippen molar-refractivity contribution in [3.8, 4) is 17.1 Å². The van der Waals surface area contributed by atoms with Gasteiger partial charge in [0.25, 0.3) is 5.91 Å². The van der Waals surface area contributed by atoms with Crippen molar-refractivity contribution in [1.29, 1.82) is 0 Å². The third-order valence-electron chi connectivity index (χ3n) is 4.14. The van der Waals surface area contributed by atoms with Gasteiger partial charge >= 0.3 is 0 Å². The van der Waals surface area contributed by atoms with E-state index in [1.54, 1.807) is 37.7 Å². The van der Waals surface area contributed by atoms with Crippen molar-refractivity contribution in [2.75, 3.05) is 6.61 Å². The van der Waals surface area contributed by atoms with Crippen molar-refractivity contribution in [2.24, 2.45) is 7.05 Å². The van der Waals surface area contributed by atoms with Gasteiger partial charge in [0.05, 0.1) is 12.1 Å². The molecule has 2 N–H and O–H groups in total. The van der Waals surface area contributed by atoms with Crippen LogP contribution in [0.2, 0.25) is 0 Å². The lowest BCUT2D eigenvalue weighted by Gasteiger charge is -2.22. The molecule has 0 aliphatic rings. The van der Waals surface area contributed by atoms with Gasteiger partial charge < -0.3 is 15.2 Å². The first-order chi connectivity index (χ1) is 13.8. The van der Waals surface area contributed by atoms with Crippen LogP contribution in [0.25, 0.3) is 11.3 Å². The van der Waals surface area contributed by atoms with Gasteiger partial charge in [-0.2, -0.15) is 0 Å². The Kier molecular flexibility index (Phi) is 5.83. The Hall–Kier alpha value is -3.40. The second-order valence-corrected chi connectivity index (χ2v) is 7.06. The molecule has 0 saturated heterocycles. The number of carbonyl (C=O) groups excluding carboxylic acids is 1. The molecule has 0 aliphatic carbocycles. The minimum absolute atomic E-state index is 0.105. The van der Waals surface area contributed by atoms with Crippen molar-refractivity contribution in [3.05, 3.63) is 53.6 Å². The molecule has 0 atom stereocenters. The topological polar surface area (TPSA) is 115 Å². The summed E-state index contributed by atoms with van der Waals surface area (Å²) in [6.07, 6.45) is 0. The van der Waals surface area contributed by atoms with E-state index in [2.05, 4.69) is 25.8 Å². The number of rotatable bonds is 7. The number of amides is 1. The molecule has 9 nitrogen and oxygen atoms in total. The van der Waals surface area contributed by atoms with Crippen LogP contribution >= 0.6 is 0 Å². The molecule has 2 heterocycles. The van der Waals surface area contributed by atoms with Crippen molar-refractivity contribution < 1.29 is 19.0 Å². The molecule has 0 fully saturated rings. The molecule has 0 saturated carbocycles. The molecule has 3 aromatic rings. The maximum atomic E-state index is 13.2. The standard InChI is InChI=1S/C19H21FN6O3/c1-19(2,11-27)21-18(28)14-8-9-16(23-22-14)29-10-15-17(24-25-26(15)3)12-4-6-13(20)7-5-12/h4-9,27H,10-11H2,1-3H3,(H,21,28). The van der Waals surface area contributed by atoms with Crippen LogP contribution in [0.3, 0.4) is 0 Å². The number of aromatic nitrogens is 5. The monoisotopic (exact) mass is 400 g/mol. The van der Waals surface area contributed by atoms with Crippen molar-refractivity contribution in [1.82, 2.24) is 30.5 Å². The van der Waals surface area contributed by atoms with Gasteiger partial charge in [-0.15, -0.1) is 15.3 Å². The Bertz CT molecular complexity index is 986. The maximum Gasteiger partial charge on any atom is 0.272 e. The highest BCUT2D eigenvalue weighted by Gasteiger charge is 2.21. The first-order valence-electron chi connectivity index (χ1n) is 8.83. The predicted molar refractivity (Wildman–Crippen MR) is 101 cm³/mol. The van der Waals surface area contributed by atoms with Crippen LogP contribution in [0.5, 0.6) is 5.88 Å². The largest absolute Gasteiger partial charge is 0.470 e. The summed E-state index contributed by atoms with van der Waals surface area (Å²) >= 11 is 0. The van der Waals surface area contributed by atoms with E-state index in [1.165, 1.54) is 24.3 Å². The second-order valence-electron chi connectivity index (χ2n) is 7.06. The van der Waals surface area contributed by atoms with Crippen LogP contribution in [-0.4, -0.2) is 48.4 Å². The number of benzene rings is 1. The van der Waals surface area contributed by atoms with Gasteiger partial charge in [0.1, 0.15) is 23.8 Å². The lowest BCUT2D eigenvalue weighted by molar-refractivity contribution is 0.0863. The average molecular weight is 400 g/mol. The molecular weight excluding hydrogens is 379 g/mol. The smallest absolute Gasteiger partial charge is 0.272 e. The molecule has 0 bridgehead atoms. The number of ether oxygens (including phenoxy) is 1. The molecule has 0 spiro atoms. The second kappa shape index (κ2) is 8.31. The molecule has 0 aliphatic heterocycles. The van der Waals surface area contributed by atoms with Gasteiger partial charge in [0.2, 0.25) is 5.88 Å². The number of halogens is 1. The van der Waals surface area contributed by atoms with Crippen LogP contribution < -0.4 is 10.1 Å². The number of aliphatic hydroxyl groups excluding tert-OH is 1. The summed E-state index contributed by atoms with van der Waals surface area (Å²) in [4.78, 5) is 12.1. The van der Waals surface area contributed by atoms with E-state index in [0.717, 1.165) is 0 Å². The van der Waals surface area contributed by atoms with Gasteiger partial charge in [0.15, 0.2) is 5.69 Å². The first-order valence-corrected chi connectivity index (χ1v) is 8.83. The van der Waals surface area contributed by atoms with E-state index in [9.17, 15) is 14.3 Å². The van der Waals surface area contributed by atoms with Gasteiger partial charge in [-0.25, -0.2) is 9.07 Å². The van der Waals surface area contributed by atoms with E-state index in [4.69, 9.17) is 4.74 Å². The number of nitrogens with zero attached hydrogens (tertiary/aromatic N) is 5. The first kappa shape index (κ1) is 20.3. The Morgan fingerprint density at radius 1 is 1.17 bits per heavy atom. The molecule has 1 amide bonds. The summed E-state index contributed by atoms with van der Waals surface area (Å²) in [5.74, 6) is -0.566. The van der Waals surface area contributed by atoms with Crippen LogP contribution in [-0.2, 0) is 13.7 Å². The number of carbonyl (C=O) groups is 1. The fourth-order valence-corrected chi connectivity index (χ4v) is 2.44. The molecule has 0 unspecified atom stereocenters. The van der Waals surface area contributed by atoms with Crippen molar-refractivity contribution >= 4 is 5.91 Å². The minimum Gasteiger partial charge on any atom is -0.470 e. The summed E-state index contributed by atoms with van der Waals surface area (Å²) in [7, 11) is 1.72. The number of nitrogens with one attached hydrogen (secondary N) is 1. The third kappa shape index (κ3) is 4.91. The zero-order chi connectivity index (χ0) is 21.0. The van der Waals surface area contributed by atoms with Gasteiger partial charge in [0, 0.05) is 18.7 Å². The Morgan fingerprint density at radius 3 is 2.52 bits per heavy atom. The normalized spacial score (nSPS) is 11.3. The Labute approximate surface area is 166 Å². The fraction of sp³-hybridized carbons (Fsp3) is 0.316. The lowest BCUT2D eigenvalue weighted by atomic mass is 10.1. The molecule has 2 aromatic heterocycles. The van der Waals surface area contributed by atoms with Crippen molar-refractivity contribution in [3.63, 3.8) is 0 Å². The van der Waals surface area contributed by atoms with Gasteiger partial charge in [-0.3, -0.25) is 4.79 Å². The predicted octanol–water partition coefficient (Wildman–Crippen LogP) is 1.49. The number of hydrogen-bond acceptors (Lipinski definition) is 7. The summed E-state index contributed by atoms with van der Waals surface area (Å²) in [5.41, 5.74) is 1.29. The summed E-state index contributed by atoms with van der Waals surface area (Å²) in [6.45, 7) is 3.28. The van der Waals surface area contributed by atoms with E-state index in [-0.39, 0.29) is 30.6 Å². The number of hydrogen-bond donors (Lipinski definition) is 2. The fourth-order valence-electron chi connectivity index (χ4n) is 2.44. The van der Waals surface area contributed by atoms with Crippen LogP contribution in [0.15, 0.2) is 36.4 Å². The highest BCUT2D eigenvalue weighted by Crippen LogP contribution is 2.22. The quantitative estimate of drug-likeness (QED) is 0.617. The molecule has 3 rings (SSSR count). The summed E-state index contributed by atoms with van der Waals surface area (Å²) < 4.78 is 20.4. The molecule has 10 heteroatoms. The van der Waals surface area contributed by atoms with Gasteiger partial charge in [-0.1, -0.05) is 5.21 Å². The summed E-state index contributed by atoms with van der Waals surface area (Å²) in [6, 6.07) is 8.93. The zero-order valence-electron chi connectivity index (χ0n) is 16.3. The molecule has 29 heavy (non-hydrogen) atoms. The average Bonchev–Trinajstić information content (AvgIpc) is 3.07. The highest BCUT2D eigenvalue weighted by molar-refractivity contribution is 5.92. The van der Waals surface area contributed by atoms with Crippen molar-refractivity contribution in [2.45, 2.75) is 26.0 Å². The minimum atomic E-state index is -0.767. The SMILES string of the molecule is Cn1nnc(-c2ccc(F)cc2)c1COc1ccc(C(=O)NC(C)(C)CO)nn1. The number of aryl methyl sites for hydroxylation is 1. The Balaban J connectivity index is 1.69.